The molecule has 0 amide bonds. The van der Waals surface area contributed by atoms with Crippen molar-refractivity contribution in [2.45, 2.75) is 31.7 Å². The molecule has 0 saturated carbocycles. The highest BCUT2D eigenvalue weighted by molar-refractivity contribution is 7.89. The molecule has 2 rings (SSSR count). The predicted molar refractivity (Wildman–Crippen MR) is 82.8 cm³/mol. The molecule has 21 heavy (non-hydrogen) atoms. The van der Waals surface area contributed by atoms with E-state index < -0.39 is 16.1 Å². The number of hydrogen-bond acceptors (Lipinski definition) is 4. The Morgan fingerprint density at radius 3 is 2.33 bits per heavy atom. The van der Waals surface area contributed by atoms with Gasteiger partial charge in [-0.25, -0.2) is 13.1 Å². The average Bonchev–Trinajstić information content (AvgIpc) is 2.86. The average molecular weight is 308 g/mol. The van der Waals surface area contributed by atoms with Gasteiger partial charge in [0.1, 0.15) is 11.5 Å². The molecular formula is C15H20N2O3S. The largest absolute Gasteiger partial charge is 0.465 e. The fourth-order valence-electron chi connectivity index (χ4n) is 2.00. The van der Waals surface area contributed by atoms with Gasteiger partial charge in [-0.2, -0.15) is 0 Å². The zero-order valence-electron chi connectivity index (χ0n) is 12.4. The normalized spacial score (nSPS) is 13.1. The number of rotatable bonds is 6. The van der Waals surface area contributed by atoms with Gasteiger partial charge in [-0.1, -0.05) is 0 Å². The van der Waals surface area contributed by atoms with Crippen molar-refractivity contribution in [3.05, 3.63) is 47.9 Å². The van der Waals surface area contributed by atoms with E-state index in [-0.39, 0.29) is 4.90 Å². The van der Waals surface area contributed by atoms with Crippen molar-refractivity contribution in [2.75, 3.05) is 11.9 Å². The van der Waals surface area contributed by atoms with E-state index in [1.165, 1.54) is 0 Å². The van der Waals surface area contributed by atoms with Gasteiger partial charge in [0.2, 0.25) is 10.0 Å². The summed E-state index contributed by atoms with van der Waals surface area (Å²) in [5.74, 6) is 1.35. The SMILES string of the molecule is CCNc1ccc(S(=O)(=O)NC(C)c2ccc(C)o2)cc1. The van der Waals surface area contributed by atoms with E-state index in [1.807, 2.05) is 19.9 Å². The number of benzene rings is 1. The molecule has 1 heterocycles. The highest BCUT2D eigenvalue weighted by Gasteiger charge is 2.20. The summed E-state index contributed by atoms with van der Waals surface area (Å²) in [6, 6.07) is 9.83. The second-order valence-electron chi connectivity index (χ2n) is 4.85. The van der Waals surface area contributed by atoms with Crippen molar-refractivity contribution in [1.29, 1.82) is 0 Å². The smallest absolute Gasteiger partial charge is 0.241 e. The number of anilines is 1. The highest BCUT2D eigenvalue weighted by Crippen LogP contribution is 2.20. The van der Waals surface area contributed by atoms with E-state index in [1.54, 1.807) is 37.3 Å². The second-order valence-corrected chi connectivity index (χ2v) is 6.56. The lowest BCUT2D eigenvalue weighted by Gasteiger charge is -2.12. The van der Waals surface area contributed by atoms with Crippen LogP contribution in [0, 0.1) is 6.92 Å². The summed E-state index contributed by atoms with van der Waals surface area (Å²) < 4.78 is 32.7. The molecule has 2 aromatic rings. The summed E-state index contributed by atoms with van der Waals surface area (Å²) in [5, 5.41) is 3.13. The maximum absolute atomic E-state index is 12.3. The Kier molecular flexibility index (Phi) is 4.69. The molecule has 0 aliphatic heterocycles. The van der Waals surface area contributed by atoms with Crippen LogP contribution in [0.4, 0.5) is 5.69 Å². The summed E-state index contributed by atoms with van der Waals surface area (Å²) in [7, 11) is -3.57. The van der Waals surface area contributed by atoms with Crippen LogP contribution in [0.2, 0.25) is 0 Å². The molecule has 1 unspecified atom stereocenters. The van der Waals surface area contributed by atoms with E-state index in [0.29, 0.717) is 5.76 Å². The summed E-state index contributed by atoms with van der Waals surface area (Å²) >= 11 is 0. The summed E-state index contributed by atoms with van der Waals surface area (Å²) in [4.78, 5) is 0.235. The molecule has 1 atom stereocenters. The quantitative estimate of drug-likeness (QED) is 0.860. The standard InChI is InChI=1S/C15H20N2O3S/c1-4-16-13-6-8-14(9-7-13)21(18,19)17-12(3)15-10-5-11(2)20-15/h5-10,12,16-17H,4H2,1-3H3. The van der Waals surface area contributed by atoms with E-state index in [0.717, 1.165) is 18.0 Å². The van der Waals surface area contributed by atoms with Gasteiger partial charge in [0, 0.05) is 12.2 Å². The summed E-state index contributed by atoms with van der Waals surface area (Å²) in [6.07, 6.45) is 0. The Balaban J connectivity index is 2.14. The molecule has 1 aromatic heterocycles. The van der Waals surface area contributed by atoms with Crippen molar-refractivity contribution in [2.24, 2.45) is 0 Å². The third kappa shape index (κ3) is 3.86. The topological polar surface area (TPSA) is 71.3 Å². The van der Waals surface area contributed by atoms with Gasteiger partial charge < -0.3 is 9.73 Å². The Morgan fingerprint density at radius 2 is 1.81 bits per heavy atom. The zero-order chi connectivity index (χ0) is 15.5. The van der Waals surface area contributed by atoms with Gasteiger partial charge in [-0.15, -0.1) is 0 Å². The van der Waals surface area contributed by atoms with Crippen LogP contribution in [-0.4, -0.2) is 15.0 Å². The van der Waals surface area contributed by atoms with Crippen LogP contribution in [0.5, 0.6) is 0 Å². The molecule has 0 radical (unpaired) electrons. The summed E-state index contributed by atoms with van der Waals surface area (Å²) in [6.45, 7) is 6.35. The molecule has 0 fully saturated rings. The third-order valence-electron chi connectivity index (χ3n) is 3.07. The fraction of sp³-hybridized carbons (Fsp3) is 0.333. The third-order valence-corrected chi connectivity index (χ3v) is 4.62. The molecule has 5 nitrogen and oxygen atoms in total. The van der Waals surface area contributed by atoms with Gasteiger partial charge in [0.25, 0.3) is 0 Å². The molecule has 0 aliphatic rings. The van der Waals surface area contributed by atoms with Gasteiger partial charge in [-0.05, 0) is 57.2 Å². The zero-order valence-corrected chi connectivity index (χ0v) is 13.2. The lowest BCUT2D eigenvalue weighted by Crippen LogP contribution is -2.26. The van der Waals surface area contributed by atoms with E-state index in [4.69, 9.17) is 4.42 Å². The highest BCUT2D eigenvalue weighted by atomic mass is 32.2. The number of sulfonamides is 1. The number of nitrogens with one attached hydrogen (secondary N) is 2. The number of furan rings is 1. The molecule has 0 bridgehead atoms. The minimum atomic E-state index is -3.57. The first kappa shape index (κ1) is 15.6. The molecule has 6 heteroatoms. The fourth-order valence-corrected chi connectivity index (χ4v) is 3.21. The lowest BCUT2D eigenvalue weighted by atomic mass is 10.3. The van der Waals surface area contributed by atoms with E-state index in [9.17, 15) is 8.42 Å². The Bertz CT molecular complexity index is 690. The molecule has 0 spiro atoms. The minimum absolute atomic E-state index is 0.235. The maximum Gasteiger partial charge on any atom is 0.241 e. The first-order valence-electron chi connectivity index (χ1n) is 6.85. The van der Waals surface area contributed by atoms with Crippen LogP contribution in [0.1, 0.15) is 31.4 Å². The molecule has 0 aliphatic carbocycles. The summed E-state index contributed by atoms with van der Waals surface area (Å²) in [5.41, 5.74) is 0.895. The van der Waals surface area contributed by atoms with Crippen LogP contribution < -0.4 is 10.0 Å². The predicted octanol–water partition coefficient (Wildman–Crippen LogP) is 3.06. The van der Waals surface area contributed by atoms with Crippen molar-refractivity contribution < 1.29 is 12.8 Å². The first-order chi connectivity index (χ1) is 9.92. The molecule has 0 saturated heterocycles. The van der Waals surface area contributed by atoms with E-state index in [2.05, 4.69) is 10.0 Å². The van der Waals surface area contributed by atoms with Gasteiger partial charge in [0.05, 0.1) is 10.9 Å². The Labute approximate surface area is 125 Å². The first-order valence-corrected chi connectivity index (χ1v) is 8.33. The Morgan fingerprint density at radius 1 is 1.14 bits per heavy atom. The number of aryl methyl sites for hydroxylation is 1. The molecular weight excluding hydrogens is 288 g/mol. The number of hydrogen-bond donors (Lipinski definition) is 2. The second kappa shape index (κ2) is 6.32. The van der Waals surface area contributed by atoms with E-state index >= 15 is 0 Å². The van der Waals surface area contributed by atoms with Crippen LogP contribution in [0.15, 0.2) is 45.7 Å². The lowest BCUT2D eigenvalue weighted by molar-refractivity contribution is 0.441. The van der Waals surface area contributed by atoms with Gasteiger partial charge >= 0.3 is 0 Å². The van der Waals surface area contributed by atoms with Crippen molar-refractivity contribution in [3.8, 4) is 0 Å². The molecule has 1 aromatic carbocycles. The Hall–Kier alpha value is -1.79. The molecule has 2 N–H and O–H groups in total. The van der Waals surface area contributed by atoms with Crippen LogP contribution in [0.3, 0.4) is 0 Å². The minimum Gasteiger partial charge on any atom is -0.465 e. The molecule has 114 valence electrons. The van der Waals surface area contributed by atoms with Crippen molar-refractivity contribution in [3.63, 3.8) is 0 Å². The van der Waals surface area contributed by atoms with Gasteiger partial charge in [0.15, 0.2) is 0 Å². The van der Waals surface area contributed by atoms with Gasteiger partial charge in [-0.3, -0.25) is 0 Å². The van der Waals surface area contributed by atoms with Crippen LogP contribution in [-0.2, 0) is 10.0 Å². The van der Waals surface area contributed by atoms with Crippen molar-refractivity contribution >= 4 is 15.7 Å². The van der Waals surface area contributed by atoms with Crippen LogP contribution in [0.25, 0.3) is 0 Å². The monoisotopic (exact) mass is 308 g/mol. The van der Waals surface area contributed by atoms with Crippen LogP contribution >= 0.6 is 0 Å². The van der Waals surface area contributed by atoms with Crippen molar-refractivity contribution in [1.82, 2.24) is 4.72 Å². The maximum atomic E-state index is 12.3.